The van der Waals surface area contributed by atoms with E-state index in [-0.39, 0.29) is 5.70 Å². The molecule has 1 aromatic heterocycles. The van der Waals surface area contributed by atoms with E-state index in [1.54, 1.807) is 47.3 Å². The van der Waals surface area contributed by atoms with Crippen LogP contribution in [0.4, 0.5) is 0 Å². The Hall–Kier alpha value is -3.90. The lowest BCUT2D eigenvalue weighted by Gasteiger charge is -2.49. The number of benzene rings is 2. The predicted molar refractivity (Wildman–Crippen MR) is 134 cm³/mol. The molecule has 12 heteroatoms. The summed E-state index contributed by atoms with van der Waals surface area (Å²) in [5.41, 5.74) is 1.11. The Morgan fingerprint density at radius 1 is 1.11 bits per heavy atom. The molecule has 2 N–H and O–H groups in total. The lowest BCUT2D eigenvalue weighted by molar-refractivity contribution is -0.150. The van der Waals surface area contributed by atoms with Gasteiger partial charge in [0.2, 0.25) is 0 Å². The Bertz CT molecular complexity index is 1360. The second-order valence-electron chi connectivity index (χ2n) is 7.91. The number of amides is 2. The molecule has 36 heavy (non-hydrogen) atoms. The van der Waals surface area contributed by atoms with E-state index in [1.807, 2.05) is 30.3 Å². The summed E-state index contributed by atoms with van der Waals surface area (Å²) in [6.45, 7) is 0. The number of nitrogens with zero attached hydrogens (tertiary/aromatic N) is 4. The molecule has 3 aromatic rings. The SMILES string of the molecule is O=NC(C(=O)N[C@@H]1C(=O)N2C(C(=O)O)=C(Sc3ccnn3-c3ccccc3)CS[C@@H]12)c1ccccc1. The van der Waals surface area contributed by atoms with Crippen LogP contribution in [0.15, 0.2) is 93.7 Å². The standard InChI is InChI=1S/C24H19N5O5S2/c30-21(18(27-34)14-7-3-1-4-8-14)26-19-22(31)28-20(24(32)33)16(13-35-23(19)28)36-17-11-12-25-29(17)15-9-5-2-6-10-15/h1-12,18-19,23H,13H2,(H,26,30)(H,32,33)/t18?,19-,23+/m1/s1. The molecule has 0 bridgehead atoms. The van der Waals surface area contributed by atoms with Gasteiger partial charge in [-0.2, -0.15) is 5.10 Å². The smallest absolute Gasteiger partial charge is 0.353 e. The molecule has 5 rings (SSSR count). The van der Waals surface area contributed by atoms with Crippen LogP contribution in [0.3, 0.4) is 0 Å². The van der Waals surface area contributed by atoms with E-state index in [4.69, 9.17) is 0 Å². The number of carboxylic acids is 1. The summed E-state index contributed by atoms with van der Waals surface area (Å²) in [6.07, 6.45) is 1.62. The lowest BCUT2D eigenvalue weighted by atomic mass is 10.0. The van der Waals surface area contributed by atoms with Crippen molar-refractivity contribution in [1.82, 2.24) is 20.0 Å². The highest BCUT2D eigenvalue weighted by molar-refractivity contribution is 8.06. The molecule has 1 fully saturated rings. The van der Waals surface area contributed by atoms with Gasteiger partial charge in [0.05, 0.1) is 11.9 Å². The molecule has 182 valence electrons. The number of nitrogens with one attached hydrogen (secondary N) is 1. The van der Waals surface area contributed by atoms with Gasteiger partial charge in [0.1, 0.15) is 22.1 Å². The number of carbonyl (C=O) groups is 3. The van der Waals surface area contributed by atoms with Crippen LogP contribution in [-0.2, 0) is 14.4 Å². The van der Waals surface area contributed by atoms with Gasteiger partial charge < -0.3 is 10.4 Å². The highest BCUT2D eigenvalue weighted by Gasteiger charge is 2.54. The Morgan fingerprint density at radius 2 is 1.81 bits per heavy atom. The van der Waals surface area contributed by atoms with Crippen molar-refractivity contribution < 1.29 is 19.5 Å². The molecule has 0 saturated carbocycles. The number of carboxylic acid groups (broad SMARTS) is 1. The maximum atomic E-state index is 13.0. The van der Waals surface area contributed by atoms with Gasteiger partial charge in [-0.05, 0) is 23.8 Å². The summed E-state index contributed by atoms with van der Waals surface area (Å²) in [4.78, 5) is 51.0. The largest absolute Gasteiger partial charge is 0.477 e. The number of hydrogen-bond donors (Lipinski definition) is 2. The fourth-order valence-electron chi connectivity index (χ4n) is 4.05. The van der Waals surface area contributed by atoms with Gasteiger partial charge in [0, 0.05) is 10.7 Å². The number of β-lactam (4-membered cyclic amide) rings is 1. The third-order valence-electron chi connectivity index (χ3n) is 5.74. The first kappa shape index (κ1) is 23.8. The first-order valence-corrected chi connectivity index (χ1v) is 12.7. The average molecular weight is 522 g/mol. The fourth-order valence-corrected chi connectivity index (χ4v) is 6.59. The molecular formula is C24H19N5O5S2. The Balaban J connectivity index is 1.36. The van der Waals surface area contributed by atoms with Crippen molar-refractivity contribution in [2.24, 2.45) is 5.18 Å². The minimum atomic E-state index is -1.31. The molecule has 1 saturated heterocycles. The molecule has 3 heterocycles. The van der Waals surface area contributed by atoms with Crippen molar-refractivity contribution in [2.45, 2.75) is 22.5 Å². The van der Waals surface area contributed by atoms with E-state index < -0.39 is 35.2 Å². The Kier molecular flexibility index (Phi) is 6.61. The van der Waals surface area contributed by atoms with Crippen LogP contribution in [-0.4, -0.2) is 54.7 Å². The van der Waals surface area contributed by atoms with Gasteiger partial charge in [-0.25, -0.2) is 9.48 Å². The van der Waals surface area contributed by atoms with Crippen molar-refractivity contribution >= 4 is 41.3 Å². The van der Waals surface area contributed by atoms with Gasteiger partial charge in [0.25, 0.3) is 11.8 Å². The molecule has 3 atom stereocenters. The summed E-state index contributed by atoms with van der Waals surface area (Å²) in [5, 5.41) is 19.9. The quantitative estimate of drug-likeness (QED) is 0.341. The van der Waals surface area contributed by atoms with Crippen molar-refractivity contribution in [1.29, 1.82) is 0 Å². The number of thioether (sulfide) groups is 2. The third kappa shape index (κ3) is 4.29. The summed E-state index contributed by atoms with van der Waals surface area (Å²) in [7, 11) is 0. The first-order chi connectivity index (χ1) is 17.5. The van der Waals surface area contributed by atoms with Crippen LogP contribution in [0, 0.1) is 4.91 Å². The summed E-state index contributed by atoms with van der Waals surface area (Å²) < 4.78 is 1.70. The number of rotatable bonds is 8. The zero-order valence-corrected chi connectivity index (χ0v) is 20.2. The van der Waals surface area contributed by atoms with Crippen molar-refractivity contribution in [3.8, 4) is 5.69 Å². The number of aromatic nitrogens is 2. The van der Waals surface area contributed by atoms with Crippen LogP contribution >= 0.6 is 23.5 Å². The number of aliphatic carboxylic acids is 1. The van der Waals surface area contributed by atoms with Crippen LogP contribution in [0.25, 0.3) is 5.69 Å². The van der Waals surface area contributed by atoms with Crippen LogP contribution in [0.5, 0.6) is 0 Å². The third-order valence-corrected chi connectivity index (χ3v) is 8.30. The van der Waals surface area contributed by atoms with Crippen LogP contribution < -0.4 is 5.32 Å². The van der Waals surface area contributed by atoms with Gasteiger partial charge >= 0.3 is 5.97 Å². The zero-order valence-electron chi connectivity index (χ0n) is 18.6. The van der Waals surface area contributed by atoms with Crippen LogP contribution in [0.1, 0.15) is 11.6 Å². The summed E-state index contributed by atoms with van der Waals surface area (Å²) in [5.74, 6) is -2.17. The Morgan fingerprint density at radius 3 is 2.47 bits per heavy atom. The number of fused-ring (bicyclic) bond motifs is 1. The molecule has 0 aliphatic carbocycles. The monoisotopic (exact) mass is 521 g/mol. The minimum Gasteiger partial charge on any atom is -0.477 e. The van der Waals surface area contributed by atoms with Gasteiger partial charge in [-0.3, -0.25) is 14.5 Å². The average Bonchev–Trinajstić information content (AvgIpc) is 3.36. The highest BCUT2D eigenvalue weighted by atomic mass is 32.2. The molecule has 2 aliphatic heterocycles. The molecule has 2 amide bonds. The van der Waals surface area contributed by atoms with Crippen molar-refractivity contribution in [3.05, 3.63) is 94.0 Å². The second kappa shape index (κ2) is 9.99. The van der Waals surface area contributed by atoms with E-state index >= 15 is 0 Å². The van der Waals surface area contributed by atoms with Crippen molar-refractivity contribution in [3.63, 3.8) is 0 Å². The van der Waals surface area contributed by atoms with Gasteiger partial charge in [-0.15, -0.1) is 16.7 Å². The van der Waals surface area contributed by atoms with E-state index in [2.05, 4.69) is 15.6 Å². The molecule has 1 unspecified atom stereocenters. The number of carbonyl (C=O) groups excluding carboxylic acids is 2. The van der Waals surface area contributed by atoms with E-state index in [9.17, 15) is 24.4 Å². The normalized spacial score (nSPS) is 19.8. The molecule has 0 spiro atoms. The molecular weight excluding hydrogens is 502 g/mol. The predicted octanol–water partition coefficient (Wildman–Crippen LogP) is 3.17. The zero-order chi connectivity index (χ0) is 25.2. The molecule has 10 nitrogen and oxygen atoms in total. The van der Waals surface area contributed by atoms with E-state index in [0.717, 1.165) is 5.69 Å². The second-order valence-corrected chi connectivity index (χ2v) is 10.1. The number of hydrogen-bond acceptors (Lipinski definition) is 8. The Labute approximate surface area is 213 Å². The summed E-state index contributed by atoms with van der Waals surface area (Å²) in [6, 6.07) is 17.3. The van der Waals surface area contributed by atoms with E-state index in [1.165, 1.54) is 28.4 Å². The minimum absolute atomic E-state index is 0.117. The van der Waals surface area contributed by atoms with Crippen LogP contribution in [0.2, 0.25) is 0 Å². The first-order valence-electron chi connectivity index (χ1n) is 10.9. The maximum absolute atomic E-state index is 13.0. The molecule has 2 aliphatic rings. The van der Waals surface area contributed by atoms with E-state index in [0.29, 0.717) is 21.2 Å². The number of para-hydroxylation sites is 1. The van der Waals surface area contributed by atoms with Gasteiger partial charge in [0.15, 0.2) is 6.04 Å². The topological polar surface area (TPSA) is 134 Å². The van der Waals surface area contributed by atoms with Crippen molar-refractivity contribution in [2.75, 3.05) is 5.75 Å². The number of nitroso groups, excluding NO2 is 1. The highest BCUT2D eigenvalue weighted by Crippen LogP contribution is 2.45. The maximum Gasteiger partial charge on any atom is 0.353 e. The summed E-state index contributed by atoms with van der Waals surface area (Å²) >= 11 is 2.58. The van der Waals surface area contributed by atoms with Gasteiger partial charge in [-0.1, -0.05) is 65.5 Å². The molecule has 0 radical (unpaired) electrons. The lowest BCUT2D eigenvalue weighted by Crippen LogP contribution is -2.70. The molecule has 2 aromatic carbocycles. The fraction of sp³-hybridized carbons (Fsp3) is 0.167.